The van der Waals surface area contributed by atoms with Gasteiger partial charge in [0.15, 0.2) is 0 Å². The summed E-state index contributed by atoms with van der Waals surface area (Å²) >= 11 is 0. The molecule has 0 N–H and O–H groups in total. The molecule has 1 aromatic rings. The molecule has 0 aromatic carbocycles. The summed E-state index contributed by atoms with van der Waals surface area (Å²) in [6.07, 6.45) is 4.08. The number of carbonyl (C=O) groups is 2. The lowest BCUT2D eigenvalue weighted by atomic mass is 10.1. The number of hydrogen-bond acceptors (Lipinski definition) is 5. The first-order valence-corrected chi connectivity index (χ1v) is 8.86. The number of aryl methyl sites for hydroxylation is 1. The van der Waals surface area contributed by atoms with E-state index < -0.39 is 0 Å². The summed E-state index contributed by atoms with van der Waals surface area (Å²) in [4.78, 5) is 30.6. The van der Waals surface area contributed by atoms with Crippen LogP contribution in [0.5, 0.6) is 0 Å². The van der Waals surface area contributed by atoms with Gasteiger partial charge in [-0.05, 0) is 26.2 Å². The number of piperazine rings is 1. The number of hydrogen-bond donors (Lipinski definition) is 0. The van der Waals surface area contributed by atoms with E-state index >= 15 is 0 Å². The second kappa shape index (κ2) is 7.79. The van der Waals surface area contributed by atoms with Gasteiger partial charge in [0, 0.05) is 58.3 Å². The maximum absolute atomic E-state index is 12.3. The van der Waals surface area contributed by atoms with Gasteiger partial charge in [0.2, 0.25) is 11.7 Å². The first kappa shape index (κ1) is 17.0. The van der Waals surface area contributed by atoms with Crippen LogP contribution in [0, 0.1) is 6.92 Å². The highest BCUT2D eigenvalue weighted by atomic mass is 16.5. The third kappa shape index (κ3) is 4.14. The fraction of sp³-hybridized carbons (Fsp3) is 0.706. The van der Waals surface area contributed by atoms with E-state index in [9.17, 15) is 9.59 Å². The Balaban J connectivity index is 1.40. The molecule has 7 nitrogen and oxygen atoms in total. The van der Waals surface area contributed by atoms with Crippen LogP contribution in [-0.2, 0) is 4.79 Å². The molecule has 2 amide bonds. The van der Waals surface area contributed by atoms with Gasteiger partial charge >= 0.3 is 0 Å². The molecule has 0 atom stereocenters. The van der Waals surface area contributed by atoms with Gasteiger partial charge < -0.3 is 14.3 Å². The van der Waals surface area contributed by atoms with Crippen molar-refractivity contribution < 1.29 is 14.1 Å². The highest BCUT2D eigenvalue weighted by Crippen LogP contribution is 2.12. The van der Waals surface area contributed by atoms with E-state index in [-0.39, 0.29) is 11.8 Å². The average Bonchev–Trinajstić information content (AvgIpc) is 3.06. The molecule has 3 rings (SSSR count). The van der Waals surface area contributed by atoms with Gasteiger partial charge in [0.25, 0.3) is 5.91 Å². The van der Waals surface area contributed by atoms with Crippen molar-refractivity contribution >= 4 is 11.8 Å². The number of nitrogens with zero attached hydrogens (tertiary/aromatic N) is 4. The summed E-state index contributed by atoms with van der Waals surface area (Å²) in [7, 11) is 0. The second-order valence-corrected chi connectivity index (χ2v) is 6.66. The van der Waals surface area contributed by atoms with E-state index in [0.717, 1.165) is 45.6 Å². The van der Waals surface area contributed by atoms with Gasteiger partial charge in [-0.1, -0.05) is 5.16 Å². The standard InChI is InChI=1S/C17H26N4O3/c1-14-13-15(24-18-14)17(23)21-11-9-19(10-12-21)8-5-16(22)20-6-3-2-4-7-20/h13H,2-12H2,1H3. The zero-order chi connectivity index (χ0) is 16.9. The quantitative estimate of drug-likeness (QED) is 0.826. The van der Waals surface area contributed by atoms with Crippen molar-refractivity contribution in [2.24, 2.45) is 0 Å². The van der Waals surface area contributed by atoms with Crippen molar-refractivity contribution in [3.8, 4) is 0 Å². The van der Waals surface area contributed by atoms with Gasteiger partial charge in [-0.3, -0.25) is 14.5 Å². The van der Waals surface area contributed by atoms with Crippen molar-refractivity contribution in [2.45, 2.75) is 32.6 Å². The molecule has 0 aliphatic carbocycles. The molecule has 0 bridgehead atoms. The van der Waals surface area contributed by atoms with E-state index in [2.05, 4.69) is 10.1 Å². The Kier molecular flexibility index (Phi) is 5.50. The molecule has 0 saturated carbocycles. The summed E-state index contributed by atoms with van der Waals surface area (Å²) in [6.45, 7) is 7.33. The van der Waals surface area contributed by atoms with E-state index in [4.69, 9.17) is 4.52 Å². The van der Waals surface area contributed by atoms with Gasteiger partial charge in [-0.2, -0.15) is 0 Å². The van der Waals surface area contributed by atoms with Gasteiger partial charge in [-0.25, -0.2) is 0 Å². The Morgan fingerprint density at radius 2 is 1.75 bits per heavy atom. The molecule has 132 valence electrons. The summed E-state index contributed by atoms with van der Waals surface area (Å²) in [5.41, 5.74) is 0.716. The number of aromatic nitrogens is 1. The van der Waals surface area contributed by atoms with Crippen LogP contribution in [0.15, 0.2) is 10.6 Å². The van der Waals surface area contributed by atoms with Crippen LogP contribution < -0.4 is 0 Å². The fourth-order valence-corrected chi connectivity index (χ4v) is 3.35. The first-order valence-electron chi connectivity index (χ1n) is 8.86. The van der Waals surface area contributed by atoms with Crippen LogP contribution in [0.3, 0.4) is 0 Å². The second-order valence-electron chi connectivity index (χ2n) is 6.66. The smallest absolute Gasteiger partial charge is 0.292 e. The third-order valence-electron chi connectivity index (χ3n) is 4.85. The molecule has 0 radical (unpaired) electrons. The monoisotopic (exact) mass is 334 g/mol. The van der Waals surface area contributed by atoms with Crippen LogP contribution in [0.25, 0.3) is 0 Å². The van der Waals surface area contributed by atoms with Crippen molar-refractivity contribution in [3.05, 3.63) is 17.5 Å². The van der Waals surface area contributed by atoms with Gasteiger partial charge in [0.1, 0.15) is 0 Å². The van der Waals surface area contributed by atoms with Crippen molar-refractivity contribution in [3.63, 3.8) is 0 Å². The van der Waals surface area contributed by atoms with Crippen molar-refractivity contribution in [1.82, 2.24) is 19.9 Å². The van der Waals surface area contributed by atoms with E-state index in [0.29, 0.717) is 31.0 Å². The van der Waals surface area contributed by atoms with Crippen LogP contribution in [-0.4, -0.2) is 77.5 Å². The normalized spacial score (nSPS) is 19.5. The topological polar surface area (TPSA) is 69.9 Å². The van der Waals surface area contributed by atoms with E-state index in [1.165, 1.54) is 6.42 Å². The van der Waals surface area contributed by atoms with Crippen molar-refractivity contribution in [2.75, 3.05) is 45.8 Å². The minimum atomic E-state index is -0.0976. The molecule has 1 aromatic heterocycles. The molecular weight excluding hydrogens is 308 g/mol. The molecule has 24 heavy (non-hydrogen) atoms. The summed E-state index contributed by atoms with van der Waals surface area (Å²) in [5, 5.41) is 3.77. The first-order chi connectivity index (χ1) is 11.6. The maximum atomic E-state index is 12.3. The molecule has 0 spiro atoms. The molecule has 2 aliphatic rings. The molecule has 2 fully saturated rings. The minimum Gasteiger partial charge on any atom is -0.351 e. The number of likely N-dealkylation sites (tertiary alicyclic amines) is 1. The summed E-state index contributed by atoms with van der Waals surface area (Å²) < 4.78 is 5.05. The number of piperidine rings is 1. The summed E-state index contributed by atoms with van der Waals surface area (Å²) in [5.74, 6) is 0.478. The SMILES string of the molecule is Cc1cc(C(=O)N2CCN(CCC(=O)N3CCCCC3)CC2)on1. The van der Waals surface area contributed by atoms with Crippen LogP contribution >= 0.6 is 0 Å². The van der Waals surface area contributed by atoms with Crippen LogP contribution in [0.4, 0.5) is 0 Å². The molecule has 7 heteroatoms. The van der Waals surface area contributed by atoms with E-state index in [1.54, 1.807) is 17.9 Å². The molecule has 2 saturated heterocycles. The molecular formula is C17H26N4O3. The highest BCUT2D eigenvalue weighted by molar-refractivity contribution is 5.91. The highest BCUT2D eigenvalue weighted by Gasteiger charge is 2.25. The Morgan fingerprint density at radius 1 is 1.04 bits per heavy atom. The lowest BCUT2D eigenvalue weighted by Crippen LogP contribution is -2.49. The predicted octanol–water partition coefficient (Wildman–Crippen LogP) is 1.14. The molecule has 2 aliphatic heterocycles. The average molecular weight is 334 g/mol. The number of rotatable bonds is 4. The third-order valence-corrected chi connectivity index (χ3v) is 4.85. The van der Waals surface area contributed by atoms with Crippen molar-refractivity contribution in [1.29, 1.82) is 0 Å². The number of carbonyl (C=O) groups excluding carboxylic acids is 2. The zero-order valence-corrected chi connectivity index (χ0v) is 14.4. The minimum absolute atomic E-state index is 0.0976. The Hall–Kier alpha value is -1.89. The zero-order valence-electron chi connectivity index (χ0n) is 14.4. The Bertz CT molecular complexity index is 572. The van der Waals surface area contributed by atoms with Gasteiger partial charge in [0.05, 0.1) is 5.69 Å². The molecule has 0 unspecified atom stereocenters. The van der Waals surface area contributed by atoms with Crippen LogP contribution in [0.2, 0.25) is 0 Å². The maximum Gasteiger partial charge on any atom is 0.292 e. The van der Waals surface area contributed by atoms with Gasteiger partial charge in [-0.15, -0.1) is 0 Å². The summed E-state index contributed by atoms with van der Waals surface area (Å²) in [6, 6.07) is 1.67. The Labute approximate surface area is 142 Å². The van der Waals surface area contributed by atoms with Crippen LogP contribution in [0.1, 0.15) is 41.9 Å². The Morgan fingerprint density at radius 3 is 2.38 bits per heavy atom. The fourth-order valence-electron chi connectivity index (χ4n) is 3.35. The van der Waals surface area contributed by atoms with E-state index in [1.807, 2.05) is 4.90 Å². The lowest BCUT2D eigenvalue weighted by Gasteiger charge is -2.34. The predicted molar refractivity (Wildman–Crippen MR) is 88.6 cm³/mol. The largest absolute Gasteiger partial charge is 0.351 e. The number of amides is 2. The molecule has 3 heterocycles. The lowest BCUT2D eigenvalue weighted by molar-refractivity contribution is -0.132.